The van der Waals surface area contributed by atoms with Gasteiger partial charge in [-0.2, -0.15) is 0 Å². The van der Waals surface area contributed by atoms with Gasteiger partial charge < -0.3 is 119 Å². The van der Waals surface area contributed by atoms with Crippen molar-refractivity contribution in [2.75, 3.05) is 40.6 Å². The van der Waals surface area contributed by atoms with E-state index < -0.39 is 161 Å². The molecule has 0 bridgehead atoms. The Morgan fingerprint density at radius 3 is 1.66 bits per heavy atom. The maximum atomic E-state index is 11.4. The van der Waals surface area contributed by atoms with Gasteiger partial charge in [0, 0.05) is 5.56 Å². The molecule has 14 N–H and O–H groups in total. The quantitative estimate of drug-likeness (QED) is 0.0734. The highest BCUT2D eigenvalue weighted by Crippen LogP contribution is 2.70. The van der Waals surface area contributed by atoms with Crippen molar-refractivity contribution in [2.24, 2.45) is 34.5 Å². The Balaban J connectivity index is 0.906. The van der Waals surface area contributed by atoms with Crippen LogP contribution >= 0.6 is 0 Å². The normalized spacial score (nSPS) is 49.5. The van der Waals surface area contributed by atoms with Crippen molar-refractivity contribution >= 4 is 0 Å². The predicted octanol–water partition coefficient (Wildman–Crippen LogP) is -2.99. The molecule has 3 saturated carbocycles. The molecule has 4 saturated heterocycles. The van der Waals surface area contributed by atoms with Crippen molar-refractivity contribution in [3.63, 3.8) is 0 Å². The van der Waals surface area contributed by atoms with Crippen molar-refractivity contribution in [1.29, 1.82) is 0 Å². The second kappa shape index (κ2) is 23.9. The third kappa shape index (κ3) is 11.0. The number of rotatable bonds is 16. The zero-order valence-corrected chi connectivity index (χ0v) is 44.0. The summed E-state index contributed by atoms with van der Waals surface area (Å²) in [5.74, 6) is 1.60. The molecule has 77 heavy (non-hydrogen) atoms. The van der Waals surface area contributed by atoms with Crippen LogP contribution in [-0.4, -0.2) is 247 Å². The van der Waals surface area contributed by atoms with E-state index in [1.165, 1.54) is 5.57 Å². The molecule has 4 aliphatic heterocycles. The zero-order chi connectivity index (χ0) is 55.6. The summed E-state index contributed by atoms with van der Waals surface area (Å²) in [4.78, 5) is 0. The van der Waals surface area contributed by atoms with E-state index in [1.807, 2.05) is 25.1 Å². The Bertz CT molecular complexity index is 2150. The number of allylic oxidation sites excluding steroid dienone is 1. The molecule has 7 fully saturated rings. The maximum Gasteiger partial charge on any atom is 0.186 e. The van der Waals surface area contributed by atoms with Crippen LogP contribution in [0.25, 0.3) is 0 Å². The monoisotopic (exact) mass is 1100 g/mol. The van der Waals surface area contributed by atoms with Crippen molar-refractivity contribution < 1.29 is 119 Å². The first kappa shape index (κ1) is 59.3. The molecule has 0 amide bonds. The lowest BCUT2D eigenvalue weighted by molar-refractivity contribution is -0.338. The van der Waals surface area contributed by atoms with Crippen LogP contribution in [0.3, 0.4) is 0 Å². The Hall–Kier alpha value is -2.32. The largest absolute Gasteiger partial charge is 0.497 e. The van der Waals surface area contributed by atoms with Crippen LogP contribution in [0.1, 0.15) is 77.2 Å². The summed E-state index contributed by atoms with van der Waals surface area (Å²) in [6.45, 7) is 4.20. The van der Waals surface area contributed by atoms with E-state index >= 15 is 0 Å². The smallest absolute Gasteiger partial charge is 0.186 e. The van der Waals surface area contributed by atoms with Crippen LogP contribution in [0.5, 0.6) is 11.5 Å². The second-order valence-electron chi connectivity index (χ2n) is 23.2. The summed E-state index contributed by atoms with van der Waals surface area (Å²) in [5, 5.41) is 148. The van der Waals surface area contributed by atoms with E-state index in [1.54, 1.807) is 14.2 Å². The first-order valence-electron chi connectivity index (χ1n) is 27.1. The van der Waals surface area contributed by atoms with Gasteiger partial charge in [0.05, 0.1) is 52.9 Å². The van der Waals surface area contributed by atoms with Gasteiger partial charge in [0.1, 0.15) is 109 Å². The van der Waals surface area contributed by atoms with Crippen LogP contribution in [0, 0.1) is 34.5 Å². The van der Waals surface area contributed by atoms with Gasteiger partial charge in [0.15, 0.2) is 25.2 Å². The molecule has 24 nitrogen and oxygen atoms in total. The SMILES string of the molecule is COc1ccc(OC)c([C@@H]2C[C@H]3[C@@H]4CC=C5C[C@@H](O[C@@H]6O[C@H](CO[C@H]7O[C@H](CO)[C@@H](O)[C@H](O)[C@H]7O)[C@@H](O)[C@H](O)[C@H]6O)CC[C@]5(C)[C@H]4CC[C@]3(C)[C@H]2[C@H](C)O[C@@H]2O[C@H](CO[C@H]3O[C@H](CO)[C@@H](O)[C@H](O)[C@H]3O)[C@@H](O)[C@H](O)[C@H]2O)c1. The van der Waals surface area contributed by atoms with Gasteiger partial charge >= 0.3 is 0 Å². The van der Waals surface area contributed by atoms with E-state index in [4.69, 9.17) is 47.4 Å². The zero-order valence-electron chi connectivity index (χ0n) is 44.0. The lowest BCUT2D eigenvalue weighted by Gasteiger charge is -2.58. The number of hydrogen-bond acceptors (Lipinski definition) is 24. The van der Waals surface area contributed by atoms with Gasteiger partial charge in [0.2, 0.25) is 0 Å². The first-order chi connectivity index (χ1) is 36.6. The van der Waals surface area contributed by atoms with Crippen LogP contribution < -0.4 is 9.47 Å². The molecule has 9 rings (SSSR count). The molecule has 1 aromatic carbocycles. The Labute approximate surface area is 446 Å². The average Bonchev–Trinajstić information content (AvgIpc) is 4.01. The summed E-state index contributed by atoms with van der Waals surface area (Å²) in [6, 6.07) is 5.71. The lowest BCUT2D eigenvalue weighted by atomic mass is 9.47. The molecule has 0 unspecified atom stereocenters. The molecule has 0 radical (unpaired) electrons. The molecule has 29 atom stereocenters. The van der Waals surface area contributed by atoms with E-state index in [2.05, 4.69) is 19.9 Å². The molecule has 0 aromatic heterocycles. The Morgan fingerprint density at radius 2 is 1.12 bits per heavy atom. The van der Waals surface area contributed by atoms with Gasteiger partial charge in [-0.25, -0.2) is 0 Å². The van der Waals surface area contributed by atoms with E-state index in [0.29, 0.717) is 24.3 Å². The summed E-state index contributed by atoms with van der Waals surface area (Å²) >= 11 is 0. The van der Waals surface area contributed by atoms with Crippen LogP contribution in [-0.2, 0) is 37.9 Å². The highest BCUT2D eigenvalue weighted by Gasteiger charge is 2.64. The molecule has 1 aromatic rings. The number of hydrogen-bond donors (Lipinski definition) is 14. The fourth-order valence-corrected chi connectivity index (χ4v) is 14.8. The Morgan fingerprint density at radius 1 is 0.597 bits per heavy atom. The molecule has 0 spiro atoms. The number of aliphatic hydroxyl groups is 14. The summed E-state index contributed by atoms with van der Waals surface area (Å²) in [7, 11) is 3.22. The van der Waals surface area contributed by atoms with E-state index in [9.17, 15) is 71.5 Å². The highest BCUT2D eigenvalue weighted by molar-refractivity contribution is 5.44. The molecule has 4 heterocycles. The molecule has 24 heteroatoms. The number of aliphatic hydroxyl groups excluding tert-OH is 14. The maximum absolute atomic E-state index is 11.4. The third-order valence-corrected chi connectivity index (χ3v) is 19.1. The highest BCUT2D eigenvalue weighted by atomic mass is 16.7. The minimum absolute atomic E-state index is 0.157. The van der Waals surface area contributed by atoms with Gasteiger partial charge in [0.25, 0.3) is 0 Å². The minimum atomic E-state index is -1.74. The summed E-state index contributed by atoms with van der Waals surface area (Å²) < 4.78 is 59.3. The summed E-state index contributed by atoms with van der Waals surface area (Å²) in [5.41, 5.74) is 1.57. The lowest BCUT2D eigenvalue weighted by Crippen LogP contribution is -2.62. The first-order valence-corrected chi connectivity index (χ1v) is 27.1. The molecular formula is C53H82O24. The van der Waals surface area contributed by atoms with Crippen molar-refractivity contribution in [1.82, 2.24) is 0 Å². The minimum Gasteiger partial charge on any atom is -0.497 e. The average molecular weight is 1100 g/mol. The summed E-state index contributed by atoms with van der Waals surface area (Å²) in [6.07, 6.45) is -24.7. The van der Waals surface area contributed by atoms with E-state index in [0.717, 1.165) is 37.7 Å². The second-order valence-corrected chi connectivity index (χ2v) is 23.2. The van der Waals surface area contributed by atoms with Gasteiger partial charge in [-0.3, -0.25) is 0 Å². The van der Waals surface area contributed by atoms with Gasteiger partial charge in [-0.05, 0) is 110 Å². The molecular weight excluding hydrogens is 1020 g/mol. The van der Waals surface area contributed by atoms with Crippen molar-refractivity contribution in [2.45, 2.75) is 207 Å². The fraction of sp³-hybridized carbons (Fsp3) is 0.849. The fourth-order valence-electron chi connectivity index (χ4n) is 14.8. The number of ether oxygens (including phenoxy) is 10. The predicted molar refractivity (Wildman–Crippen MR) is 261 cm³/mol. The standard InChI is InChI=1S/C53H82O24/c1-21(72-50-46(66)42(62)38(58)33(76-50)19-70-48-44(64)40(60)36(56)31(17-54)74-48)35-27(26-15-23(68-4)7-9-30(26)69-5)16-29-25-8-6-22-14-24(10-12-52(22,2)28(25)11-13-53(29,35)3)73-51-47(67)43(63)39(59)34(77-51)20-71-49-45(65)41(61)37(57)32(18-55)75-49/h6-7,9,15,21,24-25,27-29,31-51,54-67H,8,10-14,16-20H2,1-5H3/t21-,24-,25+,27-,28-,29-,31+,32+,33+,34+,35-,36+,37+,38+,39+,40-,41-,42-,43-,44+,45+,46+,47+,48-,49-,50+,51+,52-,53-/m0/s1. The van der Waals surface area contributed by atoms with Gasteiger partial charge in [-0.1, -0.05) is 25.5 Å². The number of fused-ring (bicyclic) bond motifs is 5. The topological polar surface area (TPSA) is 376 Å². The van der Waals surface area contributed by atoms with Crippen LogP contribution in [0.15, 0.2) is 29.8 Å². The van der Waals surface area contributed by atoms with Crippen molar-refractivity contribution in [3.8, 4) is 11.5 Å². The molecule has 438 valence electrons. The van der Waals surface area contributed by atoms with Crippen molar-refractivity contribution in [3.05, 3.63) is 35.4 Å². The van der Waals surface area contributed by atoms with Crippen LogP contribution in [0.4, 0.5) is 0 Å². The molecule has 8 aliphatic rings. The number of benzene rings is 1. The number of methoxy groups -OCH3 is 2. The Kier molecular flexibility index (Phi) is 18.4. The van der Waals surface area contributed by atoms with Gasteiger partial charge in [-0.15, -0.1) is 0 Å². The molecule has 4 aliphatic carbocycles. The third-order valence-electron chi connectivity index (χ3n) is 19.1. The van der Waals surface area contributed by atoms with Crippen LogP contribution in [0.2, 0.25) is 0 Å². The van der Waals surface area contributed by atoms with E-state index in [-0.39, 0.29) is 40.4 Å².